The van der Waals surface area contributed by atoms with Crippen LogP contribution in [-0.2, 0) is 16.6 Å². The molecule has 2 rings (SSSR count). The number of halogens is 1. The summed E-state index contributed by atoms with van der Waals surface area (Å²) in [6.07, 6.45) is 0.450. The molecule has 96 valence electrons. The van der Waals surface area contributed by atoms with Crippen molar-refractivity contribution >= 4 is 28.5 Å². The van der Waals surface area contributed by atoms with Gasteiger partial charge in [0.2, 0.25) is 0 Å². The lowest BCUT2D eigenvalue weighted by atomic mass is 10.1. The van der Waals surface area contributed by atoms with Gasteiger partial charge in [-0.15, -0.1) is 0 Å². The smallest absolute Gasteiger partial charge is 0.339 e. The number of rotatable bonds is 3. The molecule has 0 aliphatic rings. The molecule has 0 bridgehead atoms. The summed E-state index contributed by atoms with van der Waals surface area (Å²) in [4.78, 5) is 11.6. The summed E-state index contributed by atoms with van der Waals surface area (Å²) in [6, 6.07) is 5.30. The highest BCUT2D eigenvalue weighted by atomic mass is 35.5. The number of fused-ring (bicyclic) bond motifs is 1. The van der Waals surface area contributed by atoms with Gasteiger partial charge >= 0.3 is 5.97 Å². The predicted molar refractivity (Wildman–Crippen MR) is 69.5 cm³/mol. The highest BCUT2D eigenvalue weighted by Crippen LogP contribution is 2.31. The number of benzene rings is 1. The van der Waals surface area contributed by atoms with Crippen LogP contribution in [0.1, 0.15) is 18.6 Å². The number of ether oxygens (including phenoxy) is 1. The molecule has 1 unspecified atom stereocenters. The molecule has 0 radical (unpaired) electrons. The van der Waals surface area contributed by atoms with Gasteiger partial charge in [0.1, 0.15) is 0 Å². The molecule has 0 saturated heterocycles. The molecule has 1 aromatic carbocycles. The lowest BCUT2D eigenvalue weighted by Gasteiger charge is -2.12. The monoisotopic (exact) mass is 267 g/mol. The molecule has 1 N–H and O–H groups in total. The van der Waals surface area contributed by atoms with Crippen LogP contribution in [-0.4, -0.2) is 22.2 Å². The minimum atomic E-state index is -1.29. The number of carbonyl (C=O) groups is 1. The number of para-hydroxylation sites is 1. The fraction of sp³-hybridized carbons (Fsp3) is 0.308. The van der Waals surface area contributed by atoms with Gasteiger partial charge in [-0.1, -0.05) is 29.8 Å². The van der Waals surface area contributed by atoms with Gasteiger partial charge < -0.3 is 14.4 Å². The van der Waals surface area contributed by atoms with E-state index in [1.54, 1.807) is 29.8 Å². The Morgan fingerprint density at radius 2 is 2.28 bits per heavy atom. The van der Waals surface area contributed by atoms with Crippen LogP contribution in [0.15, 0.2) is 24.4 Å². The number of aryl methyl sites for hydroxylation is 1. The number of nitrogens with zero attached hydrogens (tertiary/aromatic N) is 1. The minimum absolute atomic E-state index is 0.236. The molecule has 0 spiro atoms. The number of esters is 1. The zero-order chi connectivity index (χ0) is 13.3. The van der Waals surface area contributed by atoms with E-state index in [1.165, 1.54) is 0 Å². The van der Waals surface area contributed by atoms with E-state index in [0.717, 1.165) is 10.9 Å². The van der Waals surface area contributed by atoms with Gasteiger partial charge in [-0.05, 0) is 6.92 Å². The molecule has 5 heteroatoms. The summed E-state index contributed by atoms with van der Waals surface area (Å²) in [5, 5.41) is 11.4. The van der Waals surface area contributed by atoms with Crippen molar-refractivity contribution in [3.63, 3.8) is 0 Å². The Hall–Kier alpha value is -1.52. The first-order valence-electron chi connectivity index (χ1n) is 5.64. The summed E-state index contributed by atoms with van der Waals surface area (Å²) in [7, 11) is 1.82. The number of carbonyl (C=O) groups excluding carboxylic acids is 1. The third kappa shape index (κ3) is 2.09. The summed E-state index contributed by atoms with van der Waals surface area (Å²) < 4.78 is 6.61. The first-order chi connectivity index (χ1) is 8.56. The summed E-state index contributed by atoms with van der Waals surface area (Å²) in [5.41, 5.74) is 1.24. The maximum Gasteiger partial charge on any atom is 0.339 e. The average Bonchev–Trinajstić information content (AvgIpc) is 2.65. The highest BCUT2D eigenvalue weighted by molar-refractivity contribution is 6.35. The number of aliphatic hydroxyl groups excluding tert-OH is 1. The Bertz CT molecular complexity index is 591. The lowest BCUT2D eigenvalue weighted by molar-refractivity contribution is -0.153. The van der Waals surface area contributed by atoms with Crippen molar-refractivity contribution in [3.05, 3.63) is 35.0 Å². The first kappa shape index (κ1) is 12.9. The summed E-state index contributed by atoms with van der Waals surface area (Å²) >= 11 is 6.08. The molecular formula is C13H14ClNO3. The van der Waals surface area contributed by atoms with Crippen molar-refractivity contribution in [2.75, 3.05) is 6.61 Å². The van der Waals surface area contributed by atoms with Crippen LogP contribution in [0.2, 0.25) is 5.02 Å². The SMILES string of the molecule is CCOC(=O)C(O)c1cccc2c(Cl)cn(C)c12. The van der Waals surface area contributed by atoms with Gasteiger partial charge in [-0.3, -0.25) is 0 Å². The van der Waals surface area contributed by atoms with Crippen molar-refractivity contribution in [3.8, 4) is 0 Å². The van der Waals surface area contributed by atoms with E-state index in [-0.39, 0.29) is 6.61 Å². The summed E-state index contributed by atoms with van der Waals surface area (Å²) in [5.74, 6) is -0.651. The van der Waals surface area contributed by atoms with Gasteiger partial charge in [0.25, 0.3) is 0 Å². The van der Waals surface area contributed by atoms with Gasteiger partial charge in [0, 0.05) is 24.2 Å². The van der Waals surface area contributed by atoms with E-state index in [4.69, 9.17) is 16.3 Å². The zero-order valence-electron chi connectivity index (χ0n) is 10.2. The molecule has 1 atom stereocenters. The standard InChI is InChI=1S/C13H14ClNO3/c1-3-18-13(17)12(16)9-6-4-5-8-10(14)7-15(2)11(8)9/h4-7,12,16H,3H2,1-2H3. The van der Waals surface area contributed by atoms with E-state index < -0.39 is 12.1 Å². The molecular weight excluding hydrogens is 254 g/mol. The van der Waals surface area contributed by atoms with Crippen molar-refractivity contribution < 1.29 is 14.6 Å². The van der Waals surface area contributed by atoms with Crippen molar-refractivity contribution in [2.45, 2.75) is 13.0 Å². The Morgan fingerprint density at radius 1 is 1.56 bits per heavy atom. The molecule has 0 saturated carbocycles. The van der Waals surface area contributed by atoms with E-state index >= 15 is 0 Å². The highest BCUT2D eigenvalue weighted by Gasteiger charge is 2.22. The van der Waals surface area contributed by atoms with Gasteiger partial charge in [-0.2, -0.15) is 0 Å². The lowest BCUT2D eigenvalue weighted by Crippen LogP contribution is -2.16. The Balaban J connectivity index is 2.54. The van der Waals surface area contributed by atoms with Crippen molar-refractivity contribution in [2.24, 2.45) is 7.05 Å². The molecule has 0 fully saturated rings. The molecule has 18 heavy (non-hydrogen) atoms. The predicted octanol–water partition coefficient (Wildman–Crippen LogP) is 2.43. The molecule has 0 amide bonds. The number of hydrogen-bond acceptors (Lipinski definition) is 3. The Labute approximate surface area is 110 Å². The van der Waals surface area contributed by atoms with Crippen LogP contribution in [0.3, 0.4) is 0 Å². The van der Waals surface area contributed by atoms with E-state index in [9.17, 15) is 9.90 Å². The average molecular weight is 268 g/mol. The molecule has 1 heterocycles. The molecule has 4 nitrogen and oxygen atoms in total. The van der Waals surface area contributed by atoms with Crippen LogP contribution >= 0.6 is 11.6 Å². The second kappa shape index (κ2) is 5.00. The maximum atomic E-state index is 11.6. The molecule has 2 aromatic rings. The number of hydrogen-bond donors (Lipinski definition) is 1. The van der Waals surface area contributed by atoms with Crippen LogP contribution in [0.4, 0.5) is 0 Å². The van der Waals surface area contributed by atoms with Crippen molar-refractivity contribution in [1.29, 1.82) is 0 Å². The first-order valence-corrected chi connectivity index (χ1v) is 6.02. The summed E-state index contributed by atoms with van der Waals surface area (Å²) in [6.45, 7) is 1.93. The molecule has 0 aliphatic carbocycles. The normalized spacial score (nSPS) is 12.7. The molecule has 1 aromatic heterocycles. The third-order valence-corrected chi connectivity index (χ3v) is 3.09. The molecule has 0 aliphatic heterocycles. The van der Waals surface area contributed by atoms with E-state index in [1.807, 2.05) is 13.1 Å². The number of aromatic nitrogens is 1. The van der Waals surface area contributed by atoms with Crippen LogP contribution < -0.4 is 0 Å². The van der Waals surface area contributed by atoms with Gasteiger partial charge in [-0.25, -0.2) is 4.79 Å². The van der Waals surface area contributed by atoms with Crippen LogP contribution in [0.25, 0.3) is 10.9 Å². The van der Waals surface area contributed by atoms with Gasteiger partial charge in [0.15, 0.2) is 6.10 Å². The number of aliphatic hydroxyl groups is 1. The van der Waals surface area contributed by atoms with E-state index in [2.05, 4.69) is 0 Å². The van der Waals surface area contributed by atoms with Gasteiger partial charge in [0.05, 0.1) is 17.1 Å². The second-order valence-corrected chi connectivity index (χ2v) is 4.39. The maximum absolute atomic E-state index is 11.6. The van der Waals surface area contributed by atoms with Crippen LogP contribution in [0, 0.1) is 0 Å². The minimum Gasteiger partial charge on any atom is -0.464 e. The Morgan fingerprint density at radius 3 is 2.94 bits per heavy atom. The quantitative estimate of drug-likeness (QED) is 0.869. The Kier molecular flexibility index (Phi) is 3.59. The van der Waals surface area contributed by atoms with E-state index in [0.29, 0.717) is 10.6 Å². The van der Waals surface area contributed by atoms with Crippen molar-refractivity contribution in [1.82, 2.24) is 4.57 Å². The fourth-order valence-electron chi connectivity index (χ4n) is 2.02. The largest absolute Gasteiger partial charge is 0.464 e. The second-order valence-electron chi connectivity index (χ2n) is 3.99. The fourth-order valence-corrected chi connectivity index (χ4v) is 2.32. The zero-order valence-corrected chi connectivity index (χ0v) is 10.9. The third-order valence-electron chi connectivity index (χ3n) is 2.79. The topological polar surface area (TPSA) is 51.5 Å². The van der Waals surface area contributed by atoms with Crippen LogP contribution in [0.5, 0.6) is 0 Å².